The number of anilines is 2. The van der Waals surface area contributed by atoms with E-state index in [0.717, 1.165) is 22.1 Å². The van der Waals surface area contributed by atoms with Crippen LogP contribution in [0.3, 0.4) is 0 Å². The standard InChI is InChI=1S/C30H32N4O4/c1-20-9-11-26(33-30(37)38-19-21(2)22-7-5-4-6-8-22)15-24(20)18-34(3)28(35)17-32-25-12-10-23-13-14-31-29(36)27(23)16-25/h4-16,21,32H,17-19H2,1-3H3,(H,31,36)(H,33,37)/t21-/m0/s1. The van der Waals surface area contributed by atoms with Crippen LogP contribution in [-0.2, 0) is 16.1 Å². The van der Waals surface area contributed by atoms with Crippen LogP contribution in [0.1, 0.15) is 29.5 Å². The third-order valence-corrected chi connectivity index (χ3v) is 6.48. The summed E-state index contributed by atoms with van der Waals surface area (Å²) in [4.78, 5) is 41.5. The van der Waals surface area contributed by atoms with E-state index in [-0.39, 0.29) is 30.5 Å². The van der Waals surface area contributed by atoms with Gasteiger partial charge in [-0.2, -0.15) is 0 Å². The van der Waals surface area contributed by atoms with Gasteiger partial charge < -0.3 is 19.9 Å². The molecular formula is C30H32N4O4. The van der Waals surface area contributed by atoms with Crippen LogP contribution in [-0.4, -0.2) is 42.1 Å². The van der Waals surface area contributed by atoms with Crippen molar-refractivity contribution < 1.29 is 14.3 Å². The molecule has 196 valence electrons. The number of aromatic amines is 1. The van der Waals surface area contributed by atoms with Gasteiger partial charge in [0.1, 0.15) is 0 Å². The van der Waals surface area contributed by atoms with Crippen LogP contribution in [0.4, 0.5) is 16.2 Å². The van der Waals surface area contributed by atoms with Gasteiger partial charge in [-0.15, -0.1) is 0 Å². The van der Waals surface area contributed by atoms with E-state index in [0.29, 0.717) is 23.3 Å². The Kier molecular flexibility index (Phi) is 8.43. The van der Waals surface area contributed by atoms with Crippen LogP contribution >= 0.6 is 0 Å². The molecule has 3 N–H and O–H groups in total. The number of nitrogens with zero attached hydrogens (tertiary/aromatic N) is 1. The number of likely N-dealkylation sites (N-methyl/N-ethyl adjacent to an activating group) is 1. The molecule has 1 aromatic heterocycles. The maximum Gasteiger partial charge on any atom is 0.411 e. The quantitative estimate of drug-likeness (QED) is 0.284. The molecule has 0 bridgehead atoms. The number of ether oxygens (including phenoxy) is 1. The molecule has 38 heavy (non-hydrogen) atoms. The van der Waals surface area contributed by atoms with Crippen molar-refractivity contribution in [2.24, 2.45) is 0 Å². The first kappa shape index (κ1) is 26.5. The van der Waals surface area contributed by atoms with Gasteiger partial charge in [0, 0.05) is 42.5 Å². The van der Waals surface area contributed by atoms with Crippen LogP contribution in [0.25, 0.3) is 10.8 Å². The fourth-order valence-electron chi connectivity index (χ4n) is 4.10. The molecule has 8 heteroatoms. The molecule has 0 saturated carbocycles. The average Bonchev–Trinajstić information content (AvgIpc) is 2.93. The number of fused-ring (bicyclic) bond motifs is 1. The number of amides is 2. The highest BCUT2D eigenvalue weighted by Crippen LogP contribution is 2.19. The van der Waals surface area contributed by atoms with Crippen LogP contribution in [0.2, 0.25) is 0 Å². The molecule has 0 aliphatic rings. The number of carbonyl (C=O) groups excluding carboxylic acids is 2. The van der Waals surface area contributed by atoms with Gasteiger partial charge in [0.05, 0.1) is 13.2 Å². The van der Waals surface area contributed by atoms with Gasteiger partial charge >= 0.3 is 6.09 Å². The lowest BCUT2D eigenvalue weighted by Crippen LogP contribution is -2.32. The topological polar surface area (TPSA) is 104 Å². The predicted octanol–water partition coefficient (Wildman–Crippen LogP) is 5.26. The number of nitrogens with one attached hydrogen (secondary N) is 3. The molecule has 8 nitrogen and oxygen atoms in total. The van der Waals surface area contributed by atoms with Crippen molar-refractivity contribution in [1.29, 1.82) is 0 Å². The van der Waals surface area contributed by atoms with E-state index in [9.17, 15) is 14.4 Å². The van der Waals surface area contributed by atoms with E-state index in [4.69, 9.17) is 4.74 Å². The molecule has 1 atom stereocenters. The summed E-state index contributed by atoms with van der Waals surface area (Å²) in [7, 11) is 1.73. The van der Waals surface area contributed by atoms with Crippen molar-refractivity contribution in [3.05, 3.63) is 106 Å². The zero-order valence-corrected chi connectivity index (χ0v) is 21.8. The zero-order valence-electron chi connectivity index (χ0n) is 21.8. The minimum Gasteiger partial charge on any atom is -0.449 e. The van der Waals surface area contributed by atoms with E-state index >= 15 is 0 Å². The fourth-order valence-corrected chi connectivity index (χ4v) is 4.10. The molecule has 4 aromatic rings. The van der Waals surface area contributed by atoms with Crippen LogP contribution in [0.5, 0.6) is 0 Å². The third-order valence-electron chi connectivity index (χ3n) is 6.48. The average molecular weight is 513 g/mol. The number of hydrogen-bond donors (Lipinski definition) is 3. The van der Waals surface area contributed by atoms with Gasteiger partial charge in [-0.1, -0.05) is 49.4 Å². The number of hydrogen-bond acceptors (Lipinski definition) is 5. The number of H-pyrrole nitrogens is 1. The number of aryl methyl sites for hydroxylation is 1. The van der Waals surface area contributed by atoms with E-state index in [1.807, 2.05) is 80.6 Å². The molecular weight excluding hydrogens is 480 g/mol. The monoisotopic (exact) mass is 512 g/mol. The van der Waals surface area contributed by atoms with Crippen molar-refractivity contribution in [2.75, 3.05) is 30.8 Å². The normalized spacial score (nSPS) is 11.6. The number of benzene rings is 3. The molecule has 3 aromatic carbocycles. The summed E-state index contributed by atoms with van der Waals surface area (Å²) in [5.41, 5.74) is 4.14. The zero-order chi connectivity index (χ0) is 27.1. The minimum atomic E-state index is -0.523. The Labute approximate surface area is 221 Å². The molecule has 0 saturated heterocycles. The Morgan fingerprint density at radius 3 is 2.55 bits per heavy atom. The summed E-state index contributed by atoms with van der Waals surface area (Å²) >= 11 is 0. The van der Waals surface area contributed by atoms with Gasteiger partial charge in [-0.05, 0) is 59.3 Å². The van der Waals surface area contributed by atoms with Gasteiger partial charge in [-0.25, -0.2) is 4.79 Å². The van der Waals surface area contributed by atoms with Crippen LogP contribution < -0.4 is 16.2 Å². The van der Waals surface area contributed by atoms with Crippen molar-refractivity contribution >= 4 is 34.1 Å². The summed E-state index contributed by atoms with van der Waals surface area (Å²) in [6.07, 6.45) is 1.09. The van der Waals surface area contributed by atoms with Crippen molar-refractivity contribution in [3.8, 4) is 0 Å². The first-order valence-corrected chi connectivity index (χ1v) is 12.5. The lowest BCUT2D eigenvalue weighted by molar-refractivity contribution is -0.128. The molecule has 4 rings (SSSR count). The molecule has 0 aliphatic heterocycles. The largest absolute Gasteiger partial charge is 0.449 e. The third kappa shape index (κ3) is 6.79. The van der Waals surface area contributed by atoms with Gasteiger partial charge in [0.15, 0.2) is 0 Å². The molecule has 0 spiro atoms. The Morgan fingerprint density at radius 1 is 1.00 bits per heavy atom. The van der Waals surface area contributed by atoms with E-state index < -0.39 is 6.09 Å². The molecule has 2 amide bonds. The Morgan fingerprint density at radius 2 is 1.76 bits per heavy atom. The fraction of sp³-hybridized carbons (Fsp3) is 0.233. The second-order valence-corrected chi connectivity index (χ2v) is 9.39. The van der Waals surface area contributed by atoms with Gasteiger partial charge in [0.25, 0.3) is 5.56 Å². The van der Waals surface area contributed by atoms with Crippen LogP contribution in [0, 0.1) is 6.92 Å². The van der Waals surface area contributed by atoms with E-state index in [2.05, 4.69) is 15.6 Å². The lowest BCUT2D eigenvalue weighted by Gasteiger charge is -2.20. The Bertz CT molecular complexity index is 1480. The first-order chi connectivity index (χ1) is 18.3. The number of rotatable bonds is 9. The van der Waals surface area contributed by atoms with E-state index in [1.54, 1.807) is 24.2 Å². The molecule has 1 heterocycles. The molecule has 0 fully saturated rings. The SMILES string of the molecule is Cc1ccc(NC(=O)OC[C@H](C)c2ccccc2)cc1CN(C)C(=O)CNc1ccc2cc[nH]c(=O)c2c1. The number of aromatic nitrogens is 1. The van der Waals surface area contributed by atoms with Crippen molar-refractivity contribution in [1.82, 2.24) is 9.88 Å². The maximum atomic E-state index is 12.8. The highest BCUT2D eigenvalue weighted by Gasteiger charge is 2.13. The lowest BCUT2D eigenvalue weighted by atomic mass is 10.0. The summed E-state index contributed by atoms with van der Waals surface area (Å²) in [6, 6.07) is 22.7. The first-order valence-electron chi connectivity index (χ1n) is 12.5. The minimum absolute atomic E-state index is 0.0790. The Hall–Kier alpha value is -4.59. The second kappa shape index (κ2) is 12.1. The predicted molar refractivity (Wildman–Crippen MR) is 151 cm³/mol. The number of carbonyl (C=O) groups is 2. The van der Waals surface area contributed by atoms with Crippen molar-refractivity contribution in [2.45, 2.75) is 26.3 Å². The number of pyridine rings is 1. The Balaban J connectivity index is 1.31. The maximum absolute atomic E-state index is 12.8. The molecule has 0 radical (unpaired) electrons. The van der Waals surface area contributed by atoms with Gasteiger partial charge in [0.2, 0.25) is 5.91 Å². The highest BCUT2D eigenvalue weighted by atomic mass is 16.5. The smallest absolute Gasteiger partial charge is 0.411 e. The van der Waals surface area contributed by atoms with E-state index in [1.165, 1.54) is 0 Å². The second-order valence-electron chi connectivity index (χ2n) is 9.39. The molecule has 0 aliphatic carbocycles. The summed E-state index contributed by atoms with van der Waals surface area (Å²) in [5.74, 6) is -0.0294. The summed E-state index contributed by atoms with van der Waals surface area (Å²) < 4.78 is 5.42. The highest BCUT2D eigenvalue weighted by molar-refractivity contribution is 5.87. The summed E-state index contributed by atoms with van der Waals surface area (Å²) in [5, 5.41) is 7.28. The molecule has 0 unspecified atom stereocenters. The van der Waals surface area contributed by atoms with Crippen LogP contribution in [0.15, 0.2) is 83.8 Å². The van der Waals surface area contributed by atoms with Gasteiger partial charge in [-0.3, -0.25) is 14.9 Å². The van der Waals surface area contributed by atoms with Crippen molar-refractivity contribution in [3.63, 3.8) is 0 Å². The summed E-state index contributed by atoms with van der Waals surface area (Å²) in [6.45, 7) is 4.69.